The molecule has 0 unspecified atom stereocenters. The average molecular weight is 351 g/mol. The van der Waals surface area contributed by atoms with Crippen LogP contribution in [0, 0.1) is 0 Å². The summed E-state index contributed by atoms with van der Waals surface area (Å²) in [5, 5.41) is 6.69. The zero-order valence-electron chi connectivity index (χ0n) is 12.4. The van der Waals surface area contributed by atoms with E-state index in [-0.39, 0.29) is 11.6 Å². The number of aromatic nitrogens is 2. The molecule has 1 saturated carbocycles. The molecule has 1 aliphatic carbocycles. The molecule has 0 aliphatic heterocycles. The Bertz CT molecular complexity index is 700. The summed E-state index contributed by atoms with van der Waals surface area (Å²) in [5.74, 6) is 0.309. The van der Waals surface area contributed by atoms with Gasteiger partial charge in [-0.05, 0) is 25.0 Å². The summed E-state index contributed by atoms with van der Waals surface area (Å²) in [6, 6.07) is 5.50. The van der Waals surface area contributed by atoms with E-state index in [1.165, 1.54) is 19.0 Å². The molecule has 1 fully saturated rings. The molecule has 23 heavy (non-hydrogen) atoms. The van der Waals surface area contributed by atoms with Crippen LogP contribution in [0.25, 0.3) is 0 Å². The van der Waals surface area contributed by atoms with Crippen molar-refractivity contribution in [1.82, 2.24) is 9.97 Å². The van der Waals surface area contributed by atoms with Crippen LogP contribution in [0.5, 0.6) is 0 Å². The SMILES string of the molecule is O=C(Nc1cccc(Cl)c1Cl)c1cnc(NC2CCCC2)cn1. The maximum Gasteiger partial charge on any atom is 0.275 e. The van der Waals surface area contributed by atoms with Gasteiger partial charge in [-0.2, -0.15) is 0 Å². The minimum Gasteiger partial charge on any atom is -0.366 e. The summed E-state index contributed by atoms with van der Waals surface area (Å²) in [5.41, 5.74) is 0.664. The molecule has 2 N–H and O–H groups in total. The molecule has 2 aromatic rings. The van der Waals surface area contributed by atoms with Crippen molar-refractivity contribution >= 4 is 40.6 Å². The number of amides is 1. The Morgan fingerprint density at radius 1 is 1.13 bits per heavy atom. The van der Waals surface area contributed by atoms with Gasteiger partial charge in [0.05, 0.1) is 28.1 Å². The van der Waals surface area contributed by atoms with E-state index in [2.05, 4.69) is 20.6 Å². The van der Waals surface area contributed by atoms with Crippen molar-refractivity contribution in [3.63, 3.8) is 0 Å². The van der Waals surface area contributed by atoms with Gasteiger partial charge < -0.3 is 10.6 Å². The van der Waals surface area contributed by atoms with Gasteiger partial charge in [-0.25, -0.2) is 9.97 Å². The van der Waals surface area contributed by atoms with Crippen LogP contribution >= 0.6 is 23.2 Å². The van der Waals surface area contributed by atoms with E-state index in [1.54, 1.807) is 24.4 Å². The molecule has 0 radical (unpaired) electrons. The van der Waals surface area contributed by atoms with E-state index in [0.29, 0.717) is 27.6 Å². The molecule has 0 bridgehead atoms. The number of carbonyl (C=O) groups excluding carboxylic acids is 1. The molecule has 1 heterocycles. The maximum absolute atomic E-state index is 12.2. The van der Waals surface area contributed by atoms with E-state index in [9.17, 15) is 4.79 Å². The summed E-state index contributed by atoms with van der Waals surface area (Å²) in [7, 11) is 0. The molecule has 0 saturated heterocycles. The van der Waals surface area contributed by atoms with Gasteiger partial charge in [0.25, 0.3) is 5.91 Å². The van der Waals surface area contributed by atoms with Gasteiger partial charge in [-0.15, -0.1) is 0 Å². The van der Waals surface area contributed by atoms with E-state index >= 15 is 0 Å². The Hall–Kier alpha value is -1.85. The first-order valence-electron chi connectivity index (χ1n) is 7.47. The lowest BCUT2D eigenvalue weighted by atomic mass is 10.2. The van der Waals surface area contributed by atoms with Gasteiger partial charge >= 0.3 is 0 Å². The highest BCUT2D eigenvalue weighted by atomic mass is 35.5. The standard InChI is InChI=1S/C16H16Cl2N4O/c17-11-6-3-7-12(15(11)18)22-16(23)13-8-20-14(9-19-13)21-10-4-1-2-5-10/h3,6-10H,1-2,4-5H2,(H,20,21)(H,22,23). The second-order valence-electron chi connectivity index (χ2n) is 5.47. The average Bonchev–Trinajstić information content (AvgIpc) is 3.05. The monoisotopic (exact) mass is 350 g/mol. The molecule has 1 aromatic heterocycles. The number of carbonyl (C=O) groups is 1. The third-order valence-corrected chi connectivity index (χ3v) is 4.61. The minimum atomic E-state index is -0.380. The molecule has 1 amide bonds. The number of hydrogen-bond acceptors (Lipinski definition) is 4. The van der Waals surface area contributed by atoms with Crippen molar-refractivity contribution < 1.29 is 4.79 Å². The first kappa shape index (κ1) is 16.0. The normalized spacial score (nSPS) is 14.7. The van der Waals surface area contributed by atoms with Crippen LogP contribution in [0.1, 0.15) is 36.2 Å². The first-order valence-corrected chi connectivity index (χ1v) is 8.23. The lowest BCUT2D eigenvalue weighted by molar-refractivity contribution is 0.102. The number of halogens is 2. The Balaban J connectivity index is 1.66. The maximum atomic E-state index is 12.2. The molecule has 7 heteroatoms. The molecular weight excluding hydrogens is 335 g/mol. The van der Waals surface area contributed by atoms with Crippen LogP contribution in [-0.4, -0.2) is 21.9 Å². The molecule has 3 rings (SSSR count). The van der Waals surface area contributed by atoms with Gasteiger partial charge in [-0.1, -0.05) is 42.1 Å². The van der Waals surface area contributed by atoms with Crippen LogP contribution in [0.3, 0.4) is 0 Å². The first-order chi connectivity index (χ1) is 11.1. The van der Waals surface area contributed by atoms with Crippen LogP contribution in [-0.2, 0) is 0 Å². The topological polar surface area (TPSA) is 66.9 Å². The Labute approximate surface area is 144 Å². The fourth-order valence-electron chi connectivity index (χ4n) is 2.59. The number of anilines is 2. The van der Waals surface area contributed by atoms with Crippen LogP contribution in [0.4, 0.5) is 11.5 Å². The third kappa shape index (κ3) is 3.92. The zero-order chi connectivity index (χ0) is 16.2. The van der Waals surface area contributed by atoms with Crippen molar-refractivity contribution in [3.8, 4) is 0 Å². The van der Waals surface area contributed by atoms with Gasteiger partial charge in [0.2, 0.25) is 0 Å². The van der Waals surface area contributed by atoms with Crippen LogP contribution in [0.15, 0.2) is 30.6 Å². The van der Waals surface area contributed by atoms with Gasteiger partial charge in [0.15, 0.2) is 0 Å². The van der Waals surface area contributed by atoms with E-state index in [0.717, 1.165) is 12.8 Å². The molecular formula is C16H16Cl2N4O. The fraction of sp³-hybridized carbons (Fsp3) is 0.312. The third-order valence-electron chi connectivity index (χ3n) is 3.79. The highest BCUT2D eigenvalue weighted by Gasteiger charge is 2.16. The largest absolute Gasteiger partial charge is 0.366 e. The van der Waals surface area contributed by atoms with Crippen molar-refractivity contribution in [2.45, 2.75) is 31.7 Å². The van der Waals surface area contributed by atoms with Crippen molar-refractivity contribution in [3.05, 3.63) is 46.3 Å². The predicted octanol–water partition coefficient (Wildman–Crippen LogP) is 4.39. The molecule has 0 atom stereocenters. The van der Waals surface area contributed by atoms with Crippen LogP contribution in [0.2, 0.25) is 10.0 Å². The predicted molar refractivity (Wildman–Crippen MR) is 92.3 cm³/mol. The quantitative estimate of drug-likeness (QED) is 0.857. The second-order valence-corrected chi connectivity index (χ2v) is 6.25. The van der Waals surface area contributed by atoms with E-state index in [4.69, 9.17) is 23.2 Å². The second kappa shape index (κ2) is 7.15. The minimum absolute atomic E-state index is 0.220. The van der Waals surface area contributed by atoms with Gasteiger partial charge in [0.1, 0.15) is 11.5 Å². The lowest BCUT2D eigenvalue weighted by Gasteiger charge is -2.12. The van der Waals surface area contributed by atoms with Crippen molar-refractivity contribution in [2.24, 2.45) is 0 Å². The van der Waals surface area contributed by atoms with Crippen molar-refractivity contribution in [2.75, 3.05) is 10.6 Å². The highest BCUT2D eigenvalue weighted by Crippen LogP contribution is 2.29. The molecule has 120 valence electrons. The molecule has 1 aliphatic rings. The molecule has 1 aromatic carbocycles. The smallest absolute Gasteiger partial charge is 0.275 e. The number of rotatable bonds is 4. The number of nitrogens with zero attached hydrogens (tertiary/aromatic N) is 2. The highest BCUT2D eigenvalue weighted by molar-refractivity contribution is 6.44. The van der Waals surface area contributed by atoms with E-state index < -0.39 is 0 Å². The van der Waals surface area contributed by atoms with Gasteiger partial charge in [0, 0.05) is 6.04 Å². The van der Waals surface area contributed by atoms with Gasteiger partial charge in [-0.3, -0.25) is 4.79 Å². The number of benzene rings is 1. The Morgan fingerprint density at radius 3 is 2.61 bits per heavy atom. The number of hydrogen-bond donors (Lipinski definition) is 2. The van der Waals surface area contributed by atoms with Crippen molar-refractivity contribution in [1.29, 1.82) is 0 Å². The summed E-state index contributed by atoms with van der Waals surface area (Å²) < 4.78 is 0. The Morgan fingerprint density at radius 2 is 1.91 bits per heavy atom. The zero-order valence-corrected chi connectivity index (χ0v) is 13.9. The van der Waals surface area contributed by atoms with E-state index in [1.807, 2.05) is 0 Å². The molecule has 5 nitrogen and oxygen atoms in total. The lowest BCUT2D eigenvalue weighted by Crippen LogP contribution is -2.18. The summed E-state index contributed by atoms with van der Waals surface area (Å²) in [6.07, 6.45) is 7.81. The fourth-order valence-corrected chi connectivity index (χ4v) is 2.93. The summed E-state index contributed by atoms with van der Waals surface area (Å²) in [4.78, 5) is 20.6. The summed E-state index contributed by atoms with van der Waals surface area (Å²) in [6.45, 7) is 0. The Kier molecular flexibility index (Phi) is 4.98. The summed E-state index contributed by atoms with van der Waals surface area (Å²) >= 11 is 12.0. The molecule has 0 spiro atoms. The van der Waals surface area contributed by atoms with Crippen LogP contribution < -0.4 is 10.6 Å². The number of nitrogens with one attached hydrogen (secondary N) is 2.